The predicted octanol–water partition coefficient (Wildman–Crippen LogP) is 3.67. The van der Waals surface area contributed by atoms with E-state index >= 15 is 0 Å². The van der Waals surface area contributed by atoms with Crippen molar-refractivity contribution in [3.63, 3.8) is 0 Å². The summed E-state index contributed by atoms with van der Waals surface area (Å²) in [5, 5.41) is 13.4. The van der Waals surface area contributed by atoms with Crippen LogP contribution in [0.5, 0.6) is 0 Å². The van der Waals surface area contributed by atoms with Gasteiger partial charge in [-0.3, -0.25) is 14.9 Å². The van der Waals surface area contributed by atoms with Crippen LogP contribution in [0.25, 0.3) is 0 Å². The van der Waals surface area contributed by atoms with Gasteiger partial charge in [0.25, 0.3) is 11.6 Å². The molecule has 10 heteroatoms. The highest BCUT2D eigenvalue weighted by Gasteiger charge is 2.21. The maximum absolute atomic E-state index is 12.1. The molecule has 0 aliphatic rings. The SMILES string of the molecule is C[C@H](OC(=O)c1ccc(Cl)c(N)c1)C(=O)Nc1ccc([N+](=O)[O-])cc1Cl. The Morgan fingerprint density at radius 3 is 2.46 bits per heavy atom. The average molecular weight is 398 g/mol. The molecule has 1 amide bonds. The summed E-state index contributed by atoms with van der Waals surface area (Å²) in [4.78, 5) is 34.3. The van der Waals surface area contributed by atoms with Crippen molar-refractivity contribution in [2.45, 2.75) is 13.0 Å². The highest BCUT2D eigenvalue weighted by molar-refractivity contribution is 6.34. The standard InChI is InChI=1S/C16H13Cl2N3O5/c1-8(26-16(23)9-2-4-11(17)13(19)6-9)15(22)20-14-5-3-10(21(24)25)7-12(14)18/h2-8H,19H2,1H3,(H,20,22)/t8-/m0/s1. The van der Waals surface area contributed by atoms with Gasteiger partial charge >= 0.3 is 5.97 Å². The number of ether oxygens (including phenoxy) is 1. The zero-order valence-corrected chi connectivity index (χ0v) is 14.9. The normalized spacial score (nSPS) is 11.5. The number of carbonyl (C=O) groups is 2. The van der Waals surface area contributed by atoms with Crippen LogP contribution in [-0.4, -0.2) is 22.9 Å². The fraction of sp³-hybridized carbons (Fsp3) is 0.125. The summed E-state index contributed by atoms with van der Waals surface area (Å²) < 4.78 is 5.07. The maximum atomic E-state index is 12.1. The molecular formula is C16H13Cl2N3O5. The van der Waals surface area contributed by atoms with E-state index in [4.69, 9.17) is 33.7 Å². The van der Waals surface area contributed by atoms with Crippen LogP contribution >= 0.6 is 23.2 Å². The first kappa shape index (κ1) is 19.5. The van der Waals surface area contributed by atoms with E-state index in [-0.39, 0.29) is 27.6 Å². The Kier molecular flexibility index (Phi) is 6.01. The molecule has 8 nitrogen and oxygen atoms in total. The molecule has 0 saturated heterocycles. The van der Waals surface area contributed by atoms with Gasteiger partial charge in [0, 0.05) is 12.1 Å². The number of hydrogen-bond acceptors (Lipinski definition) is 6. The fourth-order valence-electron chi connectivity index (χ4n) is 1.91. The third-order valence-electron chi connectivity index (χ3n) is 3.31. The molecule has 1 atom stereocenters. The number of rotatable bonds is 5. The second-order valence-electron chi connectivity index (χ2n) is 5.19. The summed E-state index contributed by atoms with van der Waals surface area (Å²) >= 11 is 11.7. The van der Waals surface area contributed by atoms with Gasteiger partial charge in [0.1, 0.15) is 0 Å². The number of esters is 1. The molecule has 0 aromatic heterocycles. The Balaban J connectivity index is 2.04. The number of hydrogen-bond donors (Lipinski definition) is 2. The molecule has 0 aliphatic heterocycles. The van der Waals surface area contributed by atoms with Crippen molar-refractivity contribution in [2.75, 3.05) is 11.1 Å². The van der Waals surface area contributed by atoms with Gasteiger partial charge in [-0.2, -0.15) is 0 Å². The lowest BCUT2D eigenvalue weighted by atomic mass is 10.2. The predicted molar refractivity (Wildman–Crippen MR) is 97.5 cm³/mol. The molecule has 0 fully saturated rings. The summed E-state index contributed by atoms with van der Waals surface area (Å²) in [6, 6.07) is 7.77. The summed E-state index contributed by atoms with van der Waals surface area (Å²) in [5.41, 5.74) is 5.90. The second-order valence-corrected chi connectivity index (χ2v) is 6.01. The summed E-state index contributed by atoms with van der Waals surface area (Å²) in [6.07, 6.45) is -1.15. The molecule has 2 aromatic rings. The number of nitro benzene ring substituents is 1. The van der Waals surface area contributed by atoms with Crippen LogP contribution in [0.4, 0.5) is 17.1 Å². The monoisotopic (exact) mass is 397 g/mol. The maximum Gasteiger partial charge on any atom is 0.338 e. The molecule has 0 bridgehead atoms. The first-order valence-electron chi connectivity index (χ1n) is 7.20. The average Bonchev–Trinajstić information content (AvgIpc) is 2.58. The minimum Gasteiger partial charge on any atom is -0.449 e. The number of nitrogens with one attached hydrogen (secondary N) is 1. The molecule has 2 rings (SSSR count). The van der Waals surface area contributed by atoms with Crippen LogP contribution < -0.4 is 11.1 Å². The number of anilines is 2. The van der Waals surface area contributed by atoms with Gasteiger partial charge in [0.2, 0.25) is 0 Å². The van der Waals surface area contributed by atoms with Crippen molar-refractivity contribution in [2.24, 2.45) is 0 Å². The topological polar surface area (TPSA) is 125 Å². The lowest BCUT2D eigenvalue weighted by Gasteiger charge is -2.14. The van der Waals surface area contributed by atoms with Crippen LogP contribution in [0.15, 0.2) is 36.4 Å². The number of nitro groups is 1. The third kappa shape index (κ3) is 4.62. The summed E-state index contributed by atoms with van der Waals surface area (Å²) in [6.45, 7) is 1.37. The molecule has 0 radical (unpaired) electrons. The Morgan fingerprint density at radius 2 is 1.88 bits per heavy atom. The zero-order valence-electron chi connectivity index (χ0n) is 13.4. The number of nitrogens with two attached hydrogens (primary N) is 1. The largest absolute Gasteiger partial charge is 0.449 e. The van der Waals surface area contributed by atoms with Crippen LogP contribution in [0.2, 0.25) is 10.0 Å². The van der Waals surface area contributed by atoms with Crippen molar-refractivity contribution in [1.29, 1.82) is 0 Å². The number of carbonyl (C=O) groups excluding carboxylic acids is 2. The van der Waals surface area contributed by atoms with E-state index in [0.717, 1.165) is 6.07 Å². The highest BCUT2D eigenvalue weighted by Crippen LogP contribution is 2.27. The molecule has 136 valence electrons. The van der Waals surface area contributed by atoms with E-state index in [1.54, 1.807) is 0 Å². The first-order chi connectivity index (χ1) is 12.2. The van der Waals surface area contributed by atoms with Crippen molar-refractivity contribution in [3.8, 4) is 0 Å². The van der Waals surface area contributed by atoms with Crippen molar-refractivity contribution < 1.29 is 19.2 Å². The number of amides is 1. The third-order valence-corrected chi connectivity index (χ3v) is 3.96. The molecular weight excluding hydrogens is 385 g/mol. The number of benzene rings is 2. The van der Waals surface area contributed by atoms with Crippen LogP contribution in [0.1, 0.15) is 17.3 Å². The smallest absolute Gasteiger partial charge is 0.338 e. The lowest BCUT2D eigenvalue weighted by Crippen LogP contribution is -2.30. The number of non-ortho nitro benzene ring substituents is 1. The van der Waals surface area contributed by atoms with Crippen molar-refractivity contribution >= 4 is 52.1 Å². The van der Waals surface area contributed by atoms with E-state index in [2.05, 4.69) is 5.32 Å². The minimum atomic E-state index is -1.15. The number of nitrogens with zero attached hydrogens (tertiary/aromatic N) is 1. The number of nitrogen functional groups attached to an aromatic ring is 1. The van der Waals surface area contributed by atoms with Gasteiger partial charge in [-0.25, -0.2) is 4.79 Å². The molecule has 0 saturated carbocycles. The van der Waals surface area contributed by atoms with E-state index in [9.17, 15) is 19.7 Å². The van der Waals surface area contributed by atoms with Crippen LogP contribution in [0.3, 0.4) is 0 Å². The van der Waals surface area contributed by atoms with Gasteiger partial charge in [-0.15, -0.1) is 0 Å². The summed E-state index contributed by atoms with van der Waals surface area (Å²) in [5.74, 6) is -1.41. The number of halogens is 2. The molecule has 0 aliphatic carbocycles. The molecule has 0 spiro atoms. The second kappa shape index (κ2) is 8.03. The van der Waals surface area contributed by atoms with Crippen molar-refractivity contribution in [3.05, 3.63) is 62.1 Å². The molecule has 26 heavy (non-hydrogen) atoms. The molecule has 0 unspecified atom stereocenters. The van der Waals surface area contributed by atoms with E-state index in [0.29, 0.717) is 5.02 Å². The van der Waals surface area contributed by atoms with E-state index < -0.39 is 22.9 Å². The van der Waals surface area contributed by atoms with Gasteiger partial charge < -0.3 is 15.8 Å². The minimum absolute atomic E-state index is 0.0171. The highest BCUT2D eigenvalue weighted by atomic mass is 35.5. The molecule has 2 aromatic carbocycles. The van der Waals surface area contributed by atoms with Crippen molar-refractivity contribution in [1.82, 2.24) is 0 Å². The Morgan fingerprint density at radius 1 is 1.19 bits per heavy atom. The quantitative estimate of drug-likeness (QED) is 0.343. The van der Waals surface area contributed by atoms with E-state index in [1.165, 1.54) is 37.3 Å². The Bertz CT molecular complexity index is 888. The van der Waals surface area contributed by atoms with Gasteiger partial charge in [-0.05, 0) is 31.2 Å². The Hall–Kier alpha value is -2.84. The van der Waals surface area contributed by atoms with E-state index in [1.807, 2.05) is 0 Å². The van der Waals surface area contributed by atoms with Gasteiger partial charge in [-0.1, -0.05) is 23.2 Å². The van der Waals surface area contributed by atoms with Gasteiger partial charge in [0.15, 0.2) is 6.10 Å². The zero-order chi connectivity index (χ0) is 19.4. The van der Waals surface area contributed by atoms with Crippen LogP contribution in [-0.2, 0) is 9.53 Å². The molecule has 3 N–H and O–H groups in total. The first-order valence-corrected chi connectivity index (χ1v) is 7.95. The van der Waals surface area contributed by atoms with Crippen LogP contribution in [0, 0.1) is 10.1 Å². The fourth-order valence-corrected chi connectivity index (χ4v) is 2.25. The lowest BCUT2D eigenvalue weighted by molar-refractivity contribution is -0.384. The molecule has 0 heterocycles. The van der Waals surface area contributed by atoms with Gasteiger partial charge in [0.05, 0.1) is 31.9 Å². The Labute approximate surface area is 158 Å². The summed E-state index contributed by atoms with van der Waals surface area (Å²) in [7, 11) is 0.